The largest absolute Gasteiger partial charge is 0.472 e. The fourth-order valence-corrected chi connectivity index (χ4v) is 6.28. The summed E-state index contributed by atoms with van der Waals surface area (Å²) in [5.74, 6) is -0.966. The molecule has 0 radical (unpaired) electrons. The first kappa shape index (κ1) is 51.2. The van der Waals surface area contributed by atoms with E-state index in [0.29, 0.717) is 12.8 Å². The third kappa shape index (κ3) is 38.3. The van der Waals surface area contributed by atoms with Crippen LogP contribution < -0.4 is 0 Å². The van der Waals surface area contributed by atoms with Gasteiger partial charge in [-0.2, -0.15) is 0 Å². The molecule has 11 heteroatoms. The van der Waals surface area contributed by atoms with Crippen LogP contribution in [0.15, 0.2) is 36.5 Å². The van der Waals surface area contributed by atoms with E-state index in [-0.39, 0.29) is 19.4 Å². The van der Waals surface area contributed by atoms with Crippen molar-refractivity contribution < 1.29 is 47.8 Å². The summed E-state index contributed by atoms with van der Waals surface area (Å²) in [7, 11) is -4.62. The monoisotopic (exact) mass is 773 g/mol. The van der Waals surface area contributed by atoms with Crippen molar-refractivity contribution in [3.05, 3.63) is 36.5 Å². The van der Waals surface area contributed by atoms with Gasteiger partial charge in [0, 0.05) is 12.8 Å². The van der Waals surface area contributed by atoms with Gasteiger partial charge in [-0.05, 0) is 70.6 Å². The zero-order chi connectivity index (χ0) is 39.1. The molecule has 0 saturated heterocycles. The van der Waals surface area contributed by atoms with Crippen molar-refractivity contribution in [1.29, 1.82) is 0 Å². The highest BCUT2D eigenvalue weighted by Crippen LogP contribution is 2.43. The van der Waals surface area contributed by atoms with E-state index in [2.05, 4.69) is 54.8 Å². The van der Waals surface area contributed by atoms with Gasteiger partial charge in [-0.3, -0.25) is 18.6 Å². The number of carbonyl (C=O) groups excluding carboxylic acids is 2. The van der Waals surface area contributed by atoms with Gasteiger partial charge in [-0.15, -0.1) is 0 Å². The molecular weight excluding hydrogens is 695 g/mol. The maximum atomic E-state index is 12.6. The predicted octanol–water partition coefficient (Wildman–Crippen LogP) is 10.8. The van der Waals surface area contributed by atoms with Crippen LogP contribution in [-0.4, -0.2) is 65.7 Å². The number of phosphoric acid groups is 1. The van der Waals surface area contributed by atoms with Crippen LogP contribution in [0.2, 0.25) is 0 Å². The molecule has 0 aliphatic rings. The number of unbranched alkanes of at least 4 members (excludes halogenated alkanes) is 19. The molecule has 0 bridgehead atoms. The number of ether oxygens (including phenoxy) is 2. The highest BCUT2D eigenvalue weighted by molar-refractivity contribution is 7.47. The van der Waals surface area contributed by atoms with Crippen molar-refractivity contribution in [1.82, 2.24) is 0 Å². The lowest BCUT2D eigenvalue weighted by molar-refractivity contribution is -0.161. The molecule has 0 heterocycles. The average molecular weight is 773 g/mol. The summed E-state index contributed by atoms with van der Waals surface area (Å²) >= 11 is 0. The van der Waals surface area contributed by atoms with E-state index in [9.17, 15) is 24.2 Å². The van der Waals surface area contributed by atoms with Gasteiger partial charge in [0.2, 0.25) is 0 Å². The molecule has 10 nitrogen and oxygen atoms in total. The molecular formula is C42H77O10P. The number of hydrogen-bond donors (Lipinski definition) is 3. The Bertz CT molecular complexity index is 983. The van der Waals surface area contributed by atoms with E-state index in [4.69, 9.17) is 19.1 Å². The van der Waals surface area contributed by atoms with Crippen LogP contribution in [0.3, 0.4) is 0 Å². The van der Waals surface area contributed by atoms with Crippen LogP contribution in [0.4, 0.5) is 0 Å². The Morgan fingerprint density at radius 2 is 0.981 bits per heavy atom. The van der Waals surface area contributed by atoms with Crippen molar-refractivity contribution >= 4 is 19.8 Å². The zero-order valence-corrected chi connectivity index (χ0v) is 34.4. The lowest BCUT2D eigenvalue weighted by Crippen LogP contribution is -2.29. The van der Waals surface area contributed by atoms with Gasteiger partial charge in [-0.25, -0.2) is 4.57 Å². The van der Waals surface area contributed by atoms with Gasteiger partial charge in [0.25, 0.3) is 0 Å². The van der Waals surface area contributed by atoms with Crippen LogP contribution >= 0.6 is 7.82 Å². The first-order chi connectivity index (χ1) is 25.7. The molecule has 3 N–H and O–H groups in total. The van der Waals surface area contributed by atoms with Crippen molar-refractivity contribution in [2.75, 3.05) is 26.4 Å². The number of hydrogen-bond acceptors (Lipinski definition) is 9. The van der Waals surface area contributed by atoms with Crippen LogP contribution in [0.25, 0.3) is 0 Å². The number of allylic oxidation sites excluding steroid dienone is 6. The minimum absolute atomic E-state index is 0.164. The van der Waals surface area contributed by atoms with Crippen molar-refractivity contribution in [2.24, 2.45) is 0 Å². The molecule has 0 amide bonds. The average Bonchev–Trinajstić information content (AvgIpc) is 3.14. The second-order valence-corrected chi connectivity index (χ2v) is 15.5. The normalized spacial score (nSPS) is 14.3. The highest BCUT2D eigenvalue weighted by Gasteiger charge is 2.27. The first-order valence-corrected chi connectivity index (χ1v) is 22.4. The Morgan fingerprint density at radius 3 is 1.55 bits per heavy atom. The molecule has 0 aromatic heterocycles. The number of esters is 2. The summed E-state index contributed by atoms with van der Waals surface area (Å²) in [5.41, 5.74) is 0. The summed E-state index contributed by atoms with van der Waals surface area (Å²) in [4.78, 5) is 34.9. The minimum Gasteiger partial charge on any atom is -0.462 e. The maximum absolute atomic E-state index is 12.6. The number of aliphatic hydroxyl groups is 2. The Morgan fingerprint density at radius 1 is 0.566 bits per heavy atom. The highest BCUT2D eigenvalue weighted by atomic mass is 31.2. The van der Waals surface area contributed by atoms with Crippen LogP contribution in [0, 0.1) is 0 Å². The summed E-state index contributed by atoms with van der Waals surface area (Å²) in [6, 6.07) is 0. The second-order valence-electron chi connectivity index (χ2n) is 14.0. The molecule has 0 aliphatic heterocycles. The van der Waals surface area contributed by atoms with Gasteiger partial charge in [0.15, 0.2) is 6.10 Å². The lowest BCUT2D eigenvalue weighted by Gasteiger charge is -2.20. The van der Waals surface area contributed by atoms with Crippen LogP contribution in [-0.2, 0) is 32.7 Å². The van der Waals surface area contributed by atoms with Gasteiger partial charge in [-0.1, -0.05) is 134 Å². The van der Waals surface area contributed by atoms with E-state index >= 15 is 0 Å². The standard InChI is InChI=1S/C42H77O10P/c1-3-5-7-9-11-13-15-17-19-21-23-25-27-29-31-33-41(45)49-37-40(38-51-53(47,48)50-36-39(44)35-43)52-42(46)34-32-30-28-26-24-22-20-18-16-14-12-10-8-6-4-2/h12,14,18,20,23,25,39-40,43-44H,3-11,13,15-17,19,21-22,24,26-38H2,1-2H3,(H,47,48)/b14-12+,20-18+,25-23+/t39-,40+/m0/s1. The van der Waals surface area contributed by atoms with Crippen LogP contribution in [0.1, 0.15) is 181 Å². The Labute approximate surface area is 322 Å². The maximum Gasteiger partial charge on any atom is 0.472 e. The molecule has 0 fully saturated rings. The molecule has 1 unspecified atom stereocenters. The summed E-state index contributed by atoms with van der Waals surface area (Å²) < 4.78 is 32.6. The fraction of sp³-hybridized carbons (Fsp3) is 0.810. The quantitative estimate of drug-likeness (QED) is 0.0238. The lowest BCUT2D eigenvalue weighted by atomic mass is 10.1. The van der Waals surface area contributed by atoms with Gasteiger partial charge in [0.05, 0.1) is 19.8 Å². The van der Waals surface area contributed by atoms with E-state index in [1.54, 1.807) is 0 Å². The molecule has 0 spiro atoms. The minimum atomic E-state index is -4.62. The SMILES string of the molecule is CCCCC/C=C/C/C=C/CCCCCCCC(=O)O[C@H](COC(=O)CCCC/C=C/CCCCCCCCCCC)COP(=O)(O)OC[C@@H](O)CO. The molecule has 0 aliphatic carbocycles. The molecule has 310 valence electrons. The van der Waals surface area contributed by atoms with E-state index in [1.165, 1.54) is 77.0 Å². The topological polar surface area (TPSA) is 149 Å². The molecule has 0 aromatic carbocycles. The van der Waals surface area contributed by atoms with E-state index < -0.39 is 51.8 Å². The summed E-state index contributed by atoms with van der Waals surface area (Å²) in [5, 5.41) is 18.3. The molecule has 0 aromatic rings. The molecule has 0 saturated carbocycles. The zero-order valence-electron chi connectivity index (χ0n) is 33.5. The van der Waals surface area contributed by atoms with Crippen molar-refractivity contribution in [2.45, 2.75) is 193 Å². The third-order valence-electron chi connectivity index (χ3n) is 8.77. The van der Waals surface area contributed by atoms with Crippen LogP contribution in [0.5, 0.6) is 0 Å². The third-order valence-corrected chi connectivity index (χ3v) is 9.72. The number of rotatable bonds is 39. The van der Waals surface area contributed by atoms with E-state index in [1.807, 2.05) is 0 Å². The van der Waals surface area contributed by atoms with Crippen molar-refractivity contribution in [3.63, 3.8) is 0 Å². The summed E-state index contributed by atoms with van der Waals surface area (Å²) in [6.45, 7) is 2.31. The van der Waals surface area contributed by atoms with Gasteiger partial charge in [0.1, 0.15) is 12.7 Å². The number of phosphoric ester groups is 1. The number of carbonyl (C=O) groups is 2. The Balaban J connectivity index is 4.37. The van der Waals surface area contributed by atoms with E-state index in [0.717, 1.165) is 64.2 Å². The summed E-state index contributed by atoms with van der Waals surface area (Å²) in [6.07, 6.45) is 38.2. The Hall–Kier alpha value is -1.81. The first-order valence-electron chi connectivity index (χ1n) is 20.9. The van der Waals surface area contributed by atoms with Crippen molar-refractivity contribution in [3.8, 4) is 0 Å². The molecule has 3 atom stereocenters. The molecule has 53 heavy (non-hydrogen) atoms. The fourth-order valence-electron chi connectivity index (χ4n) is 5.49. The smallest absolute Gasteiger partial charge is 0.462 e. The van der Waals surface area contributed by atoms with Gasteiger partial charge < -0.3 is 24.6 Å². The Kier molecular flexibility index (Phi) is 37.2. The predicted molar refractivity (Wildman–Crippen MR) is 214 cm³/mol. The second kappa shape index (κ2) is 38.5. The van der Waals surface area contributed by atoms with Gasteiger partial charge >= 0.3 is 19.8 Å². The molecule has 0 rings (SSSR count). The number of aliphatic hydroxyl groups excluding tert-OH is 2.